The van der Waals surface area contributed by atoms with E-state index in [4.69, 9.17) is 4.42 Å². The zero-order valence-electron chi connectivity index (χ0n) is 14.7. The van der Waals surface area contributed by atoms with Crippen LogP contribution in [-0.2, 0) is 25.8 Å². The standard InChI is InChI=1S/C17H16F5N5O/c1-26(8-15-23-10-24-27(15)7-14(18)19)6-13-9-28-16(25-13)11-3-2-4-12(5-11)17(20,21)22/h2-5,9-10,14H,6-8H2,1H3. The van der Waals surface area contributed by atoms with Gasteiger partial charge in [0.15, 0.2) is 0 Å². The molecule has 0 saturated heterocycles. The molecule has 0 spiro atoms. The van der Waals surface area contributed by atoms with Crippen LogP contribution in [0.3, 0.4) is 0 Å². The second-order valence-electron chi connectivity index (χ2n) is 6.14. The van der Waals surface area contributed by atoms with Crippen molar-refractivity contribution < 1.29 is 26.4 Å². The Balaban J connectivity index is 1.67. The van der Waals surface area contributed by atoms with Gasteiger partial charge in [-0.25, -0.2) is 23.4 Å². The van der Waals surface area contributed by atoms with Crippen LogP contribution >= 0.6 is 0 Å². The van der Waals surface area contributed by atoms with Gasteiger partial charge in [0.1, 0.15) is 25.0 Å². The molecule has 6 nitrogen and oxygen atoms in total. The van der Waals surface area contributed by atoms with E-state index in [0.29, 0.717) is 11.5 Å². The molecule has 0 aliphatic rings. The highest BCUT2D eigenvalue weighted by Crippen LogP contribution is 2.32. The SMILES string of the molecule is CN(Cc1coc(-c2cccc(C(F)(F)F)c2)n1)Cc1ncnn1CC(F)F. The summed E-state index contributed by atoms with van der Waals surface area (Å²) in [5, 5.41) is 3.76. The Morgan fingerprint density at radius 3 is 2.71 bits per heavy atom. The number of halogens is 5. The van der Waals surface area contributed by atoms with Crippen molar-refractivity contribution in [2.24, 2.45) is 0 Å². The van der Waals surface area contributed by atoms with Gasteiger partial charge in [0.25, 0.3) is 6.43 Å². The van der Waals surface area contributed by atoms with Crippen molar-refractivity contribution >= 4 is 0 Å². The molecule has 28 heavy (non-hydrogen) atoms. The lowest BCUT2D eigenvalue weighted by molar-refractivity contribution is -0.137. The van der Waals surface area contributed by atoms with Gasteiger partial charge in [-0.3, -0.25) is 4.90 Å². The second-order valence-corrected chi connectivity index (χ2v) is 6.14. The number of aromatic nitrogens is 4. The van der Waals surface area contributed by atoms with Crippen LogP contribution in [0.4, 0.5) is 22.0 Å². The van der Waals surface area contributed by atoms with Crippen molar-refractivity contribution in [3.63, 3.8) is 0 Å². The van der Waals surface area contributed by atoms with E-state index in [-0.39, 0.29) is 24.5 Å². The Kier molecular flexibility index (Phi) is 5.73. The minimum atomic E-state index is -4.46. The monoisotopic (exact) mass is 401 g/mol. The predicted molar refractivity (Wildman–Crippen MR) is 88.1 cm³/mol. The average molecular weight is 401 g/mol. The lowest BCUT2D eigenvalue weighted by Crippen LogP contribution is -2.22. The third kappa shape index (κ3) is 4.91. The topological polar surface area (TPSA) is 60.0 Å². The number of rotatable bonds is 7. The number of benzene rings is 1. The van der Waals surface area contributed by atoms with E-state index in [9.17, 15) is 22.0 Å². The van der Waals surface area contributed by atoms with Crippen LogP contribution in [0.25, 0.3) is 11.5 Å². The molecule has 2 heterocycles. The second kappa shape index (κ2) is 8.05. The van der Waals surface area contributed by atoms with Gasteiger partial charge >= 0.3 is 6.18 Å². The van der Waals surface area contributed by atoms with E-state index in [2.05, 4.69) is 15.1 Å². The molecule has 0 N–H and O–H groups in total. The van der Waals surface area contributed by atoms with E-state index in [1.54, 1.807) is 11.9 Å². The molecule has 0 aliphatic carbocycles. The Bertz CT molecular complexity index is 921. The minimum Gasteiger partial charge on any atom is -0.444 e. The Hall–Kier alpha value is -2.82. The third-order valence-corrected chi connectivity index (χ3v) is 3.84. The molecule has 3 rings (SSSR count). The molecular formula is C17H16F5N5O. The van der Waals surface area contributed by atoms with Crippen LogP contribution in [-0.4, -0.2) is 38.1 Å². The van der Waals surface area contributed by atoms with Crippen LogP contribution in [0.1, 0.15) is 17.1 Å². The van der Waals surface area contributed by atoms with Gasteiger partial charge in [0.2, 0.25) is 5.89 Å². The summed E-state index contributed by atoms with van der Waals surface area (Å²) in [7, 11) is 1.72. The number of hydrogen-bond donors (Lipinski definition) is 0. The molecule has 3 aromatic rings. The van der Waals surface area contributed by atoms with Gasteiger partial charge < -0.3 is 4.42 Å². The van der Waals surface area contributed by atoms with Crippen molar-refractivity contribution in [3.8, 4) is 11.5 Å². The maximum atomic E-state index is 12.8. The van der Waals surface area contributed by atoms with E-state index in [0.717, 1.165) is 16.8 Å². The number of hydrogen-bond acceptors (Lipinski definition) is 5. The van der Waals surface area contributed by atoms with Crippen LogP contribution in [0, 0.1) is 0 Å². The molecular weight excluding hydrogens is 385 g/mol. The maximum absolute atomic E-state index is 12.8. The highest BCUT2D eigenvalue weighted by Gasteiger charge is 2.30. The van der Waals surface area contributed by atoms with Crippen molar-refractivity contribution in [3.05, 3.63) is 53.9 Å². The molecule has 0 radical (unpaired) electrons. The molecule has 0 bridgehead atoms. The molecule has 1 aromatic carbocycles. The fraction of sp³-hybridized carbons (Fsp3) is 0.353. The van der Waals surface area contributed by atoms with Crippen molar-refractivity contribution in [2.75, 3.05) is 7.05 Å². The molecule has 0 amide bonds. The molecule has 0 unspecified atom stereocenters. The molecule has 2 aromatic heterocycles. The fourth-order valence-electron chi connectivity index (χ4n) is 2.61. The normalized spacial score (nSPS) is 12.3. The summed E-state index contributed by atoms with van der Waals surface area (Å²) in [5.74, 6) is 0.430. The Morgan fingerprint density at radius 1 is 1.21 bits per heavy atom. The van der Waals surface area contributed by atoms with Crippen LogP contribution in [0.15, 0.2) is 41.3 Å². The quantitative estimate of drug-likeness (QED) is 0.563. The summed E-state index contributed by atoms with van der Waals surface area (Å²) in [5.41, 5.74) is -0.101. The van der Waals surface area contributed by atoms with Crippen molar-refractivity contribution in [2.45, 2.75) is 32.2 Å². The Morgan fingerprint density at radius 2 is 2.00 bits per heavy atom. The van der Waals surface area contributed by atoms with Gasteiger partial charge in [-0.1, -0.05) is 6.07 Å². The maximum Gasteiger partial charge on any atom is 0.416 e. The first-order chi connectivity index (χ1) is 13.2. The van der Waals surface area contributed by atoms with Crippen LogP contribution < -0.4 is 0 Å². The van der Waals surface area contributed by atoms with Gasteiger partial charge in [0.05, 0.1) is 17.8 Å². The summed E-state index contributed by atoms with van der Waals surface area (Å²) in [6.45, 7) is -0.0324. The fourth-order valence-corrected chi connectivity index (χ4v) is 2.61. The first-order valence-electron chi connectivity index (χ1n) is 8.18. The molecule has 0 saturated carbocycles. The number of alkyl halides is 5. The van der Waals surface area contributed by atoms with Crippen molar-refractivity contribution in [1.29, 1.82) is 0 Å². The van der Waals surface area contributed by atoms with Gasteiger partial charge in [-0.15, -0.1) is 0 Å². The first kappa shape index (κ1) is 19.9. The molecule has 150 valence electrons. The molecule has 0 fully saturated rings. The molecule has 0 aliphatic heterocycles. The molecule has 11 heteroatoms. The Labute approximate surface area is 156 Å². The van der Waals surface area contributed by atoms with Gasteiger partial charge in [-0.2, -0.15) is 18.3 Å². The minimum absolute atomic E-state index is 0.0652. The van der Waals surface area contributed by atoms with E-state index in [1.165, 1.54) is 24.7 Å². The summed E-state index contributed by atoms with van der Waals surface area (Å²) in [4.78, 5) is 9.92. The lowest BCUT2D eigenvalue weighted by atomic mass is 10.1. The van der Waals surface area contributed by atoms with Crippen molar-refractivity contribution in [1.82, 2.24) is 24.6 Å². The predicted octanol–water partition coefficient (Wildman–Crippen LogP) is 3.85. The lowest BCUT2D eigenvalue weighted by Gasteiger charge is -2.14. The third-order valence-electron chi connectivity index (χ3n) is 3.84. The van der Waals surface area contributed by atoms with E-state index in [1.807, 2.05) is 0 Å². The largest absolute Gasteiger partial charge is 0.444 e. The first-order valence-corrected chi connectivity index (χ1v) is 8.18. The average Bonchev–Trinajstić information content (AvgIpc) is 3.24. The zero-order valence-corrected chi connectivity index (χ0v) is 14.7. The zero-order chi connectivity index (χ0) is 20.3. The smallest absolute Gasteiger partial charge is 0.416 e. The summed E-state index contributed by atoms with van der Waals surface area (Å²) >= 11 is 0. The number of oxazole rings is 1. The van der Waals surface area contributed by atoms with Gasteiger partial charge in [0, 0.05) is 12.1 Å². The summed E-state index contributed by atoms with van der Waals surface area (Å²) < 4.78 is 70.0. The van der Waals surface area contributed by atoms with E-state index < -0.39 is 24.7 Å². The number of nitrogens with zero attached hydrogens (tertiary/aromatic N) is 5. The van der Waals surface area contributed by atoms with Crippen LogP contribution in [0.5, 0.6) is 0 Å². The van der Waals surface area contributed by atoms with Crippen LogP contribution in [0.2, 0.25) is 0 Å². The summed E-state index contributed by atoms with van der Waals surface area (Å²) in [6.07, 6.45) is -4.46. The highest BCUT2D eigenvalue weighted by atomic mass is 19.4. The van der Waals surface area contributed by atoms with Gasteiger partial charge in [-0.05, 0) is 25.2 Å². The van der Waals surface area contributed by atoms with E-state index >= 15 is 0 Å². The highest BCUT2D eigenvalue weighted by molar-refractivity contribution is 5.54. The summed E-state index contributed by atoms with van der Waals surface area (Å²) in [6, 6.07) is 4.69. The molecule has 0 atom stereocenters.